The van der Waals surface area contributed by atoms with E-state index in [1.807, 2.05) is 0 Å². The van der Waals surface area contributed by atoms with Crippen molar-refractivity contribution in [3.8, 4) is 5.75 Å². The van der Waals surface area contributed by atoms with Crippen LogP contribution >= 0.6 is 15.9 Å². The summed E-state index contributed by atoms with van der Waals surface area (Å²) in [5.41, 5.74) is 2.79. The second-order valence-corrected chi connectivity index (χ2v) is 5.52. The highest BCUT2D eigenvalue weighted by Crippen LogP contribution is 2.35. The normalized spacial score (nSPS) is 23.2. The van der Waals surface area contributed by atoms with Gasteiger partial charge in [0.2, 0.25) is 0 Å². The standard InChI is InChI=1S/C13H16BrNO/c14-12-8-9(7-11-2-1-4-15-11)6-10-3-5-16-13(10)12/h6,8,11,15H,1-5,7H2. The van der Waals surface area contributed by atoms with Crippen molar-refractivity contribution < 1.29 is 4.74 Å². The first-order valence-corrected chi connectivity index (χ1v) is 6.80. The average molecular weight is 282 g/mol. The van der Waals surface area contributed by atoms with Crippen molar-refractivity contribution in [2.75, 3.05) is 13.2 Å². The lowest BCUT2D eigenvalue weighted by Crippen LogP contribution is -2.23. The van der Waals surface area contributed by atoms with E-state index in [9.17, 15) is 0 Å². The van der Waals surface area contributed by atoms with Gasteiger partial charge in [-0.3, -0.25) is 0 Å². The third kappa shape index (κ3) is 1.98. The van der Waals surface area contributed by atoms with E-state index in [1.165, 1.54) is 30.5 Å². The fourth-order valence-corrected chi connectivity index (χ4v) is 3.32. The molecule has 2 aliphatic heterocycles. The highest BCUT2D eigenvalue weighted by Gasteiger charge is 2.19. The minimum Gasteiger partial charge on any atom is -0.492 e. The molecule has 1 saturated heterocycles. The molecule has 16 heavy (non-hydrogen) atoms. The molecule has 2 heterocycles. The molecular formula is C13H16BrNO. The van der Waals surface area contributed by atoms with E-state index >= 15 is 0 Å². The van der Waals surface area contributed by atoms with E-state index in [1.54, 1.807) is 0 Å². The number of nitrogens with one attached hydrogen (secondary N) is 1. The predicted octanol–water partition coefficient (Wildman–Crippen LogP) is 2.68. The highest BCUT2D eigenvalue weighted by atomic mass is 79.9. The fraction of sp³-hybridized carbons (Fsp3) is 0.538. The summed E-state index contributed by atoms with van der Waals surface area (Å²) >= 11 is 3.60. The number of hydrogen-bond acceptors (Lipinski definition) is 2. The van der Waals surface area contributed by atoms with Crippen LogP contribution in [0.3, 0.4) is 0 Å². The third-order valence-electron chi connectivity index (χ3n) is 3.44. The monoisotopic (exact) mass is 281 g/mol. The number of benzene rings is 1. The summed E-state index contributed by atoms with van der Waals surface area (Å²) in [7, 11) is 0. The molecule has 1 atom stereocenters. The van der Waals surface area contributed by atoms with Gasteiger partial charge in [-0.2, -0.15) is 0 Å². The van der Waals surface area contributed by atoms with Crippen LogP contribution in [0.1, 0.15) is 24.0 Å². The Morgan fingerprint density at radius 2 is 2.38 bits per heavy atom. The quantitative estimate of drug-likeness (QED) is 0.900. The summed E-state index contributed by atoms with van der Waals surface area (Å²) in [6.07, 6.45) is 4.83. The summed E-state index contributed by atoms with van der Waals surface area (Å²) in [4.78, 5) is 0. The fourth-order valence-electron chi connectivity index (χ4n) is 2.66. The molecule has 0 aromatic heterocycles. The zero-order valence-corrected chi connectivity index (χ0v) is 10.8. The number of fused-ring (bicyclic) bond motifs is 1. The van der Waals surface area contributed by atoms with Crippen molar-refractivity contribution in [3.05, 3.63) is 27.7 Å². The largest absolute Gasteiger partial charge is 0.492 e. The molecule has 1 unspecified atom stereocenters. The van der Waals surface area contributed by atoms with Crippen LogP contribution in [0, 0.1) is 0 Å². The van der Waals surface area contributed by atoms with E-state index in [-0.39, 0.29) is 0 Å². The van der Waals surface area contributed by atoms with Gasteiger partial charge in [0.15, 0.2) is 0 Å². The second-order valence-electron chi connectivity index (χ2n) is 4.66. The van der Waals surface area contributed by atoms with E-state index in [4.69, 9.17) is 4.74 Å². The van der Waals surface area contributed by atoms with Crippen LogP contribution in [0.15, 0.2) is 16.6 Å². The Bertz CT molecular complexity index is 399. The molecule has 2 aliphatic rings. The van der Waals surface area contributed by atoms with Crippen LogP contribution in [-0.2, 0) is 12.8 Å². The predicted molar refractivity (Wildman–Crippen MR) is 68.1 cm³/mol. The van der Waals surface area contributed by atoms with Gasteiger partial charge < -0.3 is 10.1 Å². The molecule has 0 spiro atoms. The molecule has 0 amide bonds. The van der Waals surface area contributed by atoms with Gasteiger partial charge in [0, 0.05) is 12.5 Å². The molecule has 0 radical (unpaired) electrons. The molecule has 0 aliphatic carbocycles. The molecule has 3 rings (SSSR count). The maximum absolute atomic E-state index is 5.59. The lowest BCUT2D eigenvalue weighted by molar-refractivity contribution is 0.355. The van der Waals surface area contributed by atoms with E-state index in [0.717, 1.165) is 29.7 Å². The molecule has 1 N–H and O–H groups in total. The lowest BCUT2D eigenvalue weighted by atomic mass is 10.0. The summed E-state index contributed by atoms with van der Waals surface area (Å²) in [5.74, 6) is 1.06. The van der Waals surface area contributed by atoms with Gasteiger partial charge in [-0.15, -0.1) is 0 Å². The van der Waals surface area contributed by atoms with E-state index in [0.29, 0.717) is 6.04 Å². The first-order valence-electron chi connectivity index (χ1n) is 6.00. The maximum Gasteiger partial charge on any atom is 0.136 e. The lowest BCUT2D eigenvalue weighted by Gasteiger charge is -2.12. The van der Waals surface area contributed by atoms with Crippen LogP contribution in [0.2, 0.25) is 0 Å². The van der Waals surface area contributed by atoms with Gasteiger partial charge >= 0.3 is 0 Å². The summed E-state index contributed by atoms with van der Waals surface area (Å²) in [6.45, 7) is 2.01. The molecule has 1 fully saturated rings. The SMILES string of the molecule is Brc1cc(CC2CCCN2)cc2c1OCC2. The molecule has 0 bridgehead atoms. The van der Waals surface area contributed by atoms with Gasteiger partial charge in [0.05, 0.1) is 11.1 Å². The molecule has 1 aromatic carbocycles. The second kappa shape index (κ2) is 4.38. The Balaban J connectivity index is 1.82. The van der Waals surface area contributed by atoms with Crippen molar-refractivity contribution >= 4 is 15.9 Å². The van der Waals surface area contributed by atoms with Gasteiger partial charge in [-0.25, -0.2) is 0 Å². The van der Waals surface area contributed by atoms with Gasteiger partial charge in [0.25, 0.3) is 0 Å². The van der Waals surface area contributed by atoms with Crippen molar-refractivity contribution in [2.45, 2.75) is 31.7 Å². The molecule has 2 nitrogen and oxygen atoms in total. The smallest absolute Gasteiger partial charge is 0.136 e. The van der Waals surface area contributed by atoms with Crippen molar-refractivity contribution in [1.82, 2.24) is 5.32 Å². The topological polar surface area (TPSA) is 21.3 Å². The van der Waals surface area contributed by atoms with Crippen LogP contribution in [0.25, 0.3) is 0 Å². The molecule has 3 heteroatoms. The summed E-state index contributed by atoms with van der Waals surface area (Å²) in [6, 6.07) is 5.20. The molecular weight excluding hydrogens is 266 g/mol. The minimum atomic E-state index is 0.673. The van der Waals surface area contributed by atoms with Crippen molar-refractivity contribution in [2.24, 2.45) is 0 Å². The van der Waals surface area contributed by atoms with Gasteiger partial charge in [-0.05, 0) is 58.9 Å². The first kappa shape index (κ1) is 10.6. The van der Waals surface area contributed by atoms with E-state index < -0.39 is 0 Å². The van der Waals surface area contributed by atoms with Crippen molar-refractivity contribution in [3.63, 3.8) is 0 Å². The molecule has 0 saturated carbocycles. The van der Waals surface area contributed by atoms with Crippen LogP contribution in [0.5, 0.6) is 5.75 Å². The number of ether oxygens (including phenoxy) is 1. The number of halogens is 1. The zero-order chi connectivity index (χ0) is 11.0. The zero-order valence-electron chi connectivity index (χ0n) is 9.26. The van der Waals surface area contributed by atoms with Gasteiger partial charge in [0.1, 0.15) is 5.75 Å². The summed E-state index contributed by atoms with van der Waals surface area (Å²) < 4.78 is 6.71. The van der Waals surface area contributed by atoms with Crippen LogP contribution in [0.4, 0.5) is 0 Å². The highest BCUT2D eigenvalue weighted by molar-refractivity contribution is 9.10. The third-order valence-corrected chi connectivity index (χ3v) is 4.03. The van der Waals surface area contributed by atoms with Crippen molar-refractivity contribution in [1.29, 1.82) is 0 Å². The Hall–Kier alpha value is -0.540. The minimum absolute atomic E-state index is 0.673. The Kier molecular flexibility index (Phi) is 2.90. The summed E-state index contributed by atoms with van der Waals surface area (Å²) in [5, 5.41) is 3.55. The van der Waals surface area contributed by atoms with Crippen LogP contribution < -0.4 is 10.1 Å². The Morgan fingerprint density at radius 3 is 3.19 bits per heavy atom. The average Bonchev–Trinajstić information content (AvgIpc) is 2.87. The molecule has 1 aromatic rings. The number of hydrogen-bond donors (Lipinski definition) is 1. The van der Waals surface area contributed by atoms with Crippen LogP contribution in [-0.4, -0.2) is 19.2 Å². The van der Waals surface area contributed by atoms with E-state index in [2.05, 4.69) is 33.4 Å². The number of rotatable bonds is 2. The first-order chi connectivity index (χ1) is 7.83. The maximum atomic E-state index is 5.59. The Morgan fingerprint density at radius 1 is 1.44 bits per heavy atom. The van der Waals surface area contributed by atoms with Gasteiger partial charge in [-0.1, -0.05) is 6.07 Å². The molecule has 86 valence electrons. The Labute approximate surface area is 105 Å².